The maximum atomic E-state index is 12.9. The van der Waals surface area contributed by atoms with Crippen LogP contribution in [0.4, 0.5) is 18.0 Å². The van der Waals surface area contributed by atoms with Gasteiger partial charge in [-0.05, 0) is 17.7 Å². The van der Waals surface area contributed by atoms with Crippen molar-refractivity contribution in [1.82, 2.24) is 20.0 Å². The van der Waals surface area contributed by atoms with Gasteiger partial charge in [-0.15, -0.1) is 0 Å². The van der Waals surface area contributed by atoms with Gasteiger partial charge < -0.3 is 15.3 Å². The number of aryl methyl sites for hydroxylation is 1. The van der Waals surface area contributed by atoms with E-state index < -0.39 is 23.9 Å². The van der Waals surface area contributed by atoms with Crippen molar-refractivity contribution in [2.45, 2.75) is 19.3 Å². The summed E-state index contributed by atoms with van der Waals surface area (Å²) < 4.78 is 39.9. The van der Waals surface area contributed by atoms with Crippen molar-refractivity contribution in [2.24, 2.45) is 7.05 Å². The van der Waals surface area contributed by atoms with Crippen molar-refractivity contribution in [3.63, 3.8) is 0 Å². The molecule has 0 aliphatic carbocycles. The van der Waals surface area contributed by atoms with Crippen LogP contribution in [0.5, 0.6) is 0 Å². The van der Waals surface area contributed by atoms with Crippen LogP contribution < -0.4 is 5.32 Å². The lowest BCUT2D eigenvalue weighted by atomic mass is 10.1. The lowest BCUT2D eigenvalue weighted by Gasteiger charge is -2.18. The molecule has 1 aromatic heterocycles. The van der Waals surface area contributed by atoms with E-state index in [9.17, 15) is 22.8 Å². The molecule has 0 aliphatic heterocycles. The van der Waals surface area contributed by atoms with Gasteiger partial charge in [-0.2, -0.15) is 18.3 Å². The Labute approximate surface area is 147 Å². The molecule has 1 aromatic carbocycles. The van der Waals surface area contributed by atoms with Crippen LogP contribution in [-0.2, 0) is 26.3 Å². The third-order valence-corrected chi connectivity index (χ3v) is 3.57. The third-order valence-electron chi connectivity index (χ3n) is 3.57. The van der Waals surface area contributed by atoms with E-state index in [2.05, 4.69) is 10.4 Å². The van der Waals surface area contributed by atoms with Crippen LogP contribution >= 0.6 is 0 Å². The van der Waals surface area contributed by atoms with E-state index in [1.165, 1.54) is 32.4 Å². The van der Waals surface area contributed by atoms with Crippen LogP contribution in [0.25, 0.3) is 0 Å². The van der Waals surface area contributed by atoms with Crippen LogP contribution in [0.3, 0.4) is 0 Å². The first-order valence-corrected chi connectivity index (χ1v) is 7.49. The number of rotatable bonds is 5. The van der Waals surface area contributed by atoms with Gasteiger partial charge in [0.05, 0.1) is 12.1 Å². The number of benzene rings is 1. The molecule has 0 atom stereocenters. The number of aromatic carboxylic acids is 1. The maximum Gasteiger partial charge on any atom is 0.435 e. The predicted molar refractivity (Wildman–Crippen MR) is 85.3 cm³/mol. The predicted octanol–water partition coefficient (Wildman–Crippen LogP) is 2.48. The van der Waals surface area contributed by atoms with E-state index in [0.29, 0.717) is 5.56 Å². The molecule has 2 rings (SSSR count). The van der Waals surface area contributed by atoms with E-state index in [-0.39, 0.29) is 24.2 Å². The molecule has 0 saturated heterocycles. The highest BCUT2D eigenvalue weighted by molar-refractivity contribution is 5.87. The topological polar surface area (TPSA) is 87.5 Å². The molecule has 0 bridgehead atoms. The Bertz CT molecular complexity index is 800. The van der Waals surface area contributed by atoms with Crippen molar-refractivity contribution < 1.29 is 27.9 Å². The minimum absolute atomic E-state index is 0.108. The summed E-state index contributed by atoms with van der Waals surface area (Å²) in [4.78, 5) is 24.0. The first-order valence-electron chi connectivity index (χ1n) is 7.49. The Morgan fingerprint density at radius 3 is 2.42 bits per heavy atom. The van der Waals surface area contributed by atoms with Gasteiger partial charge in [0, 0.05) is 32.4 Å². The summed E-state index contributed by atoms with van der Waals surface area (Å²) in [7, 11) is 2.75. The van der Waals surface area contributed by atoms with Gasteiger partial charge in [0.2, 0.25) is 0 Å². The summed E-state index contributed by atoms with van der Waals surface area (Å²) in [6.07, 6.45) is -3.38. The second-order valence-electron chi connectivity index (χ2n) is 5.69. The monoisotopic (exact) mass is 370 g/mol. The number of carbonyl (C=O) groups excluding carboxylic acids is 1. The highest BCUT2D eigenvalue weighted by atomic mass is 19.4. The number of carbonyl (C=O) groups is 2. The van der Waals surface area contributed by atoms with Crippen LogP contribution in [-0.4, -0.2) is 38.8 Å². The molecular formula is C16H17F3N4O3. The molecule has 26 heavy (non-hydrogen) atoms. The molecule has 7 nitrogen and oxygen atoms in total. The molecule has 0 saturated carbocycles. The van der Waals surface area contributed by atoms with Crippen LogP contribution in [0.1, 0.15) is 27.2 Å². The number of hydrogen-bond donors (Lipinski definition) is 2. The molecule has 0 spiro atoms. The number of amides is 2. The fraction of sp³-hybridized carbons (Fsp3) is 0.312. The molecule has 140 valence electrons. The van der Waals surface area contributed by atoms with E-state index in [1.807, 2.05) is 0 Å². The molecule has 1 heterocycles. The average molecular weight is 370 g/mol. The highest BCUT2D eigenvalue weighted by Crippen LogP contribution is 2.31. The van der Waals surface area contributed by atoms with E-state index >= 15 is 0 Å². The van der Waals surface area contributed by atoms with Crippen molar-refractivity contribution in [3.8, 4) is 0 Å². The maximum absolute atomic E-state index is 12.9. The fourth-order valence-corrected chi connectivity index (χ4v) is 2.30. The summed E-state index contributed by atoms with van der Waals surface area (Å²) in [5.41, 5.74) is -0.352. The zero-order chi connectivity index (χ0) is 19.5. The number of alkyl halides is 3. The molecule has 0 radical (unpaired) electrons. The summed E-state index contributed by atoms with van der Waals surface area (Å²) >= 11 is 0. The first-order chi connectivity index (χ1) is 12.1. The molecule has 2 N–H and O–H groups in total. The number of halogens is 3. The Balaban J connectivity index is 1.97. The second-order valence-corrected chi connectivity index (χ2v) is 5.69. The van der Waals surface area contributed by atoms with Gasteiger partial charge in [-0.25, -0.2) is 9.59 Å². The minimum Gasteiger partial charge on any atom is -0.478 e. The number of carboxylic acid groups (broad SMARTS) is 1. The van der Waals surface area contributed by atoms with E-state index in [4.69, 9.17) is 5.11 Å². The van der Waals surface area contributed by atoms with Crippen LogP contribution in [0.2, 0.25) is 0 Å². The largest absolute Gasteiger partial charge is 0.478 e. The molecule has 2 amide bonds. The van der Waals surface area contributed by atoms with Gasteiger partial charge in [0.1, 0.15) is 0 Å². The van der Waals surface area contributed by atoms with Crippen molar-refractivity contribution in [3.05, 3.63) is 52.8 Å². The van der Waals surface area contributed by atoms with Crippen LogP contribution in [0, 0.1) is 0 Å². The SMILES string of the molecule is CN(Cc1cn(C)nc1C(F)(F)F)C(=O)NCc1ccc(C(=O)O)cc1. The first kappa shape index (κ1) is 19.3. The molecular weight excluding hydrogens is 353 g/mol. The molecule has 2 aromatic rings. The van der Waals surface area contributed by atoms with Crippen LogP contribution in [0.15, 0.2) is 30.5 Å². The Morgan fingerprint density at radius 1 is 1.27 bits per heavy atom. The minimum atomic E-state index is -4.60. The fourth-order valence-electron chi connectivity index (χ4n) is 2.30. The number of nitrogens with one attached hydrogen (secondary N) is 1. The zero-order valence-electron chi connectivity index (χ0n) is 14.0. The normalized spacial score (nSPS) is 11.3. The number of hydrogen-bond acceptors (Lipinski definition) is 3. The summed E-state index contributed by atoms with van der Waals surface area (Å²) in [6.45, 7) is -0.144. The quantitative estimate of drug-likeness (QED) is 0.847. The summed E-state index contributed by atoms with van der Waals surface area (Å²) in [5, 5.41) is 14.8. The second kappa shape index (κ2) is 7.46. The molecule has 0 aliphatic rings. The van der Waals surface area contributed by atoms with E-state index in [0.717, 1.165) is 9.58 Å². The molecule has 10 heteroatoms. The van der Waals surface area contributed by atoms with E-state index in [1.54, 1.807) is 12.1 Å². The van der Waals surface area contributed by atoms with Gasteiger partial charge in [0.15, 0.2) is 5.69 Å². The molecule has 0 fully saturated rings. The summed E-state index contributed by atoms with van der Waals surface area (Å²) in [5.74, 6) is -1.06. The van der Waals surface area contributed by atoms with Gasteiger partial charge >= 0.3 is 18.2 Å². The third kappa shape index (κ3) is 4.74. The van der Waals surface area contributed by atoms with Gasteiger partial charge in [-0.3, -0.25) is 4.68 Å². The molecule has 0 unspecified atom stereocenters. The smallest absolute Gasteiger partial charge is 0.435 e. The lowest BCUT2D eigenvalue weighted by Crippen LogP contribution is -2.36. The van der Waals surface area contributed by atoms with Gasteiger partial charge in [0.25, 0.3) is 0 Å². The Hall–Kier alpha value is -3.04. The van der Waals surface area contributed by atoms with Gasteiger partial charge in [-0.1, -0.05) is 12.1 Å². The van der Waals surface area contributed by atoms with Crippen molar-refractivity contribution in [2.75, 3.05) is 7.05 Å². The average Bonchev–Trinajstić information content (AvgIpc) is 2.93. The highest BCUT2D eigenvalue weighted by Gasteiger charge is 2.37. The number of aromatic nitrogens is 2. The number of urea groups is 1. The van der Waals surface area contributed by atoms with Crippen molar-refractivity contribution >= 4 is 12.0 Å². The Morgan fingerprint density at radius 2 is 1.88 bits per heavy atom. The Kier molecular flexibility index (Phi) is 5.53. The zero-order valence-corrected chi connectivity index (χ0v) is 14.0. The van der Waals surface area contributed by atoms with Crippen molar-refractivity contribution in [1.29, 1.82) is 0 Å². The standard InChI is InChI=1S/C16H17F3N4O3/c1-22(8-12-9-23(2)21-13(12)16(17,18)19)15(26)20-7-10-3-5-11(6-4-10)14(24)25/h3-6,9H,7-8H2,1-2H3,(H,20,26)(H,24,25). The number of nitrogens with zero attached hydrogens (tertiary/aromatic N) is 3. The lowest BCUT2D eigenvalue weighted by molar-refractivity contribution is -0.142. The summed E-state index contributed by atoms with van der Waals surface area (Å²) in [6, 6.07) is 5.33. The number of carboxylic acids is 1.